The Bertz CT molecular complexity index is 280. The second-order valence-corrected chi connectivity index (χ2v) is 5.95. The maximum absolute atomic E-state index is 10.9. The Hall–Kier alpha value is -0.330. The monoisotopic (exact) mass is 291 g/mol. The fourth-order valence-electron chi connectivity index (χ4n) is 1.73. The summed E-state index contributed by atoms with van der Waals surface area (Å²) >= 11 is 6.96. The summed E-state index contributed by atoms with van der Waals surface area (Å²) in [6.07, 6.45) is 4.75. The molecule has 0 aliphatic carbocycles. The number of carbonyl (C=O) groups excluding carboxylic acids is 1. The van der Waals surface area contributed by atoms with Crippen LogP contribution in [0.25, 0.3) is 0 Å². The van der Waals surface area contributed by atoms with Gasteiger partial charge in [-0.05, 0) is 25.7 Å². The van der Waals surface area contributed by atoms with E-state index >= 15 is 0 Å². The van der Waals surface area contributed by atoms with Gasteiger partial charge in [-0.1, -0.05) is 24.0 Å². The van der Waals surface area contributed by atoms with Crippen LogP contribution >= 0.6 is 24.0 Å². The molecule has 104 valence electrons. The molecule has 0 aromatic rings. The first-order valence-corrected chi connectivity index (χ1v) is 7.62. The van der Waals surface area contributed by atoms with Crippen LogP contribution in [0.1, 0.15) is 32.1 Å². The van der Waals surface area contributed by atoms with Crippen LogP contribution in [0.2, 0.25) is 0 Å². The molecule has 1 rings (SSSR count). The number of ether oxygens (including phenoxy) is 2. The third-order valence-electron chi connectivity index (χ3n) is 2.85. The lowest BCUT2D eigenvalue weighted by molar-refractivity contribution is -0.140. The largest absolute Gasteiger partial charge is 0.469 e. The van der Waals surface area contributed by atoms with E-state index < -0.39 is 0 Å². The molecule has 1 unspecified atom stereocenters. The zero-order valence-corrected chi connectivity index (χ0v) is 12.6. The van der Waals surface area contributed by atoms with Gasteiger partial charge in [0, 0.05) is 25.8 Å². The number of esters is 1. The number of rotatable bonds is 5. The molecule has 0 aromatic carbocycles. The van der Waals surface area contributed by atoms with Crippen molar-refractivity contribution in [2.24, 2.45) is 0 Å². The molecule has 0 spiro atoms. The molecule has 1 heterocycles. The number of hydrogen-bond donors (Lipinski definition) is 0. The van der Waals surface area contributed by atoms with Gasteiger partial charge < -0.3 is 14.4 Å². The van der Waals surface area contributed by atoms with Crippen LogP contribution < -0.4 is 0 Å². The third-order valence-corrected chi connectivity index (χ3v) is 4.52. The standard InChI is InChI=1S/C12H21NO3S2/c1-13(10-6-3-4-8-16-10)12(17)18-9-5-7-11(14)15-2/h10H,3-9H2,1-2H3. The molecule has 0 bridgehead atoms. The molecule has 4 nitrogen and oxygen atoms in total. The first-order valence-electron chi connectivity index (χ1n) is 6.23. The molecule has 18 heavy (non-hydrogen) atoms. The number of nitrogens with zero attached hydrogens (tertiary/aromatic N) is 1. The molecule has 1 atom stereocenters. The lowest BCUT2D eigenvalue weighted by atomic mass is 10.2. The molecular formula is C12H21NO3S2. The number of thioether (sulfide) groups is 1. The minimum Gasteiger partial charge on any atom is -0.469 e. The second kappa shape index (κ2) is 8.72. The lowest BCUT2D eigenvalue weighted by Crippen LogP contribution is -2.38. The maximum Gasteiger partial charge on any atom is 0.305 e. The Kier molecular flexibility index (Phi) is 7.62. The van der Waals surface area contributed by atoms with Crippen molar-refractivity contribution in [2.75, 3.05) is 26.5 Å². The van der Waals surface area contributed by atoms with E-state index in [9.17, 15) is 4.79 Å². The maximum atomic E-state index is 10.9. The van der Waals surface area contributed by atoms with E-state index in [1.165, 1.54) is 13.5 Å². The summed E-state index contributed by atoms with van der Waals surface area (Å²) in [5.41, 5.74) is 0. The first-order chi connectivity index (χ1) is 8.65. The van der Waals surface area contributed by atoms with Gasteiger partial charge >= 0.3 is 5.97 Å². The highest BCUT2D eigenvalue weighted by molar-refractivity contribution is 8.22. The second-order valence-electron chi connectivity index (χ2n) is 4.23. The summed E-state index contributed by atoms with van der Waals surface area (Å²) in [7, 11) is 3.39. The molecule has 1 aliphatic heterocycles. The Labute approximate surface area is 118 Å². The Balaban J connectivity index is 2.17. The molecule has 6 heteroatoms. The quantitative estimate of drug-likeness (QED) is 0.440. The van der Waals surface area contributed by atoms with Crippen LogP contribution in [-0.2, 0) is 14.3 Å². The highest BCUT2D eigenvalue weighted by Gasteiger charge is 2.20. The summed E-state index contributed by atoms with van der Waals surface area (Å²) in [4.78, 5) is 13.0. The zero-order valence-electron chi connectivity index (χ0n) is 11.0. The highest BCUT2D eigenvalue weighted by atomic mass is 32.2. The molecule has 0 saturated carbocycles. The third kappa shape index (κ3) is 5.54. The van der Waals surface area contributed by atoms with Crippen LogP contribution in [0, 0.1) is 0 Å². The molecule has 1 aliphatic rings. The minimum atomic E-state index is -0.162. The van der Waals surface area contributed by atoms with E-state index in [2.05, 4.69) is 4.74 Å². The lowest BCUT2D eigenvalue weighted by Gasteiger charge is -2.32. The molecule has 1 fully saturated rings. The van der Waals surface area contributed by atoms with Gasteiger partial charge in [0.2, 0.25) is 0 Å². The normalized spacial score (nSPS) is 19.3. The van der Waals surface area contributed by atoms with Gasteiger partial charge in [-0.2, -0.15) is 0 Å². The van der Waals surface area contributed by atoms with E-state index in [1.54, 1.807) is 11.8 Å². The zero-order chi connectivity index (χ0) is 13.4. The van der Waals surface area contributed by atoms with Crippen molar-refractivity contribution in [2.45, 2.75) is 38.3 Å². The molecule has 0 aromatic heterocycles. The average Bonchev–Trinajstić information content (AvgIpc) is 2.43. The SMILES string of the molecule is COC(=O)CCCSC(=S)N(C)C1CCCCO1. The van der Waals surface area contributed by atoms with Crippen molar-refractivity contribution >= 4 is 34.3 Å². The molecule has 1 saturated heterocycles. The summed E-state index contributed by atoms with van der Waals surface area (Å²) < 4.78 is 11.1. The van der Waals surface area contributed by atoms with Crippen molar-refractivity contribution in [1.29, 1.82) is 0 Å². The predicted molar refractivity (Wildman–Crippen MR) is 77.7 cm³/mol. The van der Waals surface area contributed by atoms with E-state index in [4.69, 9.17) is 17.0 Å². The van der Waals surface area contributed by atoms with Gasteiger partial charge in [-0.15, -0.1) is 0 Å². The summed E-state index contributed by atoms with van der Waals surface area (Å²) in [5, 5.41) is 0. The van der Waals surface area contributed by atoms with Gasteiger partial charge in [0.1, 0.15) is 10.5 Å². The average molecular weight is 291 g/mol. The molecule has 0 amide bonds. The molecule has 0 radical (unpaired) electrons. The van der Waals surface area contributed by atoms with E-state index in [-0.39, 0.29) is 12.2 Å². The van der Waals surface area contributed by atoms with E-state index in [1.807, 2.05) is 11.9 Å². The van der Waals surface area contributed by atoms with Gasteiger partial charge in [-0.3, -0.25) is 4.79 Å². The summed E-state index contributed by atoms with van der Waals surface area (Å²) in [6, 6.07) is 0. The van der Waals surface area contributed by atoms with Gasteiger partial charge in [0.25, 0.3) is 0 Å². The smallest absolute Gasteiger partial charge is 0.305 e. The van der Waals surface area contributed by atoms with Crippen molar-refractivity contribution in [3.63, 3.8) is 0 Å². The van der Waals surface area contributed by atoms with Crippen molar-refractivity contribution < 1.29 is 14.3 Å². The van der Waals surface area contributed by atoms with Crippen LogP contribution in [0.15, 0.2) is 0 Å². The fourth-order valence-corrected chi connectivity index (χ4v) is 2.88. The van der Waals surface area contributed by atoms with Gasteiger partial charge in [-0.25, -0.2) is 0 Å². The van der Waals surface area contributed by atoms with Crippen molar-refractivity contribution in [1.82, 2.24) is 4.90 Å². The fraction of sp³-hybridized carbons (Fsp3) is 0.833. The van der Waals surface area contributed by atoms with Gasteiger partial charge in [0.05, 0.1) is 7.11 Å². The van der Waals surface area contributed by atoms with Crippen molar-refractivity contribution in [3.8, 4) is 0 Å². The Morgan fingerprint density at radius 1 is 1.56 bits per heavy atom. The number of methoxy groups -OCH3 is 1. The number of thiocarbonyl (C=S) groups is 1. The highest BCUT2D eigenvalue weighted by Crippen LogP contribution is 2.20. The van der Waals surface area contributed by atoms with Crippen LogP contribution in [0.4, 0.5) is 0 Å². The molecular weight excluding hydrogens is 270 g/mol. The topological polar surface area (TPSA) is 38.8 Å². The summed E-state index contributed by atoms with van der Waals surface area (Å²) in [6.45, 7) is 0.824. The first kappa shape index (κ1) is 15.7. The Morgan fingerprint density at radius 2 is 2.33 bits per heavy atom. The van der Waals surface area contributed by atoms with Gasteiger partial charge in [0.15, 0.2) is 0 Å². The Morgan fingerprint density at radius 3 is 2.94 bits per heavy atom. The van der Waals surface area contributed by atoms with Crippen LogP contribution in [0.3, 0.4) is 0 Å². The van der Waals surface area contributed by atoms with E-state index in [0.717, 1.165) is 35.9 Å². The van der Waals surface area contributed by atoms with Crippen molar-refractivity contribution in [3.05, 3.63) is 0 Å². The number of carbonyl (C=O) groups is 1. The molecule has 0 N–H and O–H groups in total. The van der Waals surface area contributed by atoms with Crippen LogP contribution in [-0.4, -0.2) is 47.9 Å². The number of hydrogen-bond acceptors (Lipinski definition) is 5. The minimum absolute atomic E-state index is 0.124. The predicted octanol–water partition coefficient (Wildman–Crippen LogP) is 2.42. The summed E-state index contributed by atoms with van der Waals surface area (Å²) in [5.74, 6) is 0.677. The van der Waals surface area contributed by atoms with Crippen LogP contribution in [0.5, 0.6) is 0 Å². The van der Waals surface area contributed by atoms with E-state index in [0.29, 0.717) is 6.42 Å².